The third-order valence-corrected chi connectivity index (χ3v) is 6.85. The lowest BCUT2D eigenvalue weighted by Gasteiger charge is -2.28. The van der Waals surface area contributed by atoms with E-state index in [0.717, 1.165) is 42.7 Å². The van der Waals surface area contributed by atoms with Gasteiger partial charge in [-0.15, -0.1) is 11.3 Å². The van der Waals surface area contributed by atoms with Crippen LogP contribution in [0.5, 0.6) is 0 Å². The van der Waals surface area contributed by atoms with Crippen LogP contribution < -0.4 is 4.72 Å². The minimum atomic E-state index is -3.95. The van der Waals surface area contributed by atoms with Crippen LogP contribution in [0.1, 0.15) is 30.6 Å². The molecule has 0 unspecified atom stereocenters. The normalized spacial score (nSPS) is 17.5. The quantitative estimate of drug-likeness (QED) is 0.884. The van der Waals surface area contributed by atoms with E-state index >= 15 is 0 Å². The summed E-state index contributed by atoms with van der Waals surface area (Å²) in [6.07, 6.45) is 3.92. The second-order valence-corrected chi connectivity index (χ2v) is 8.61. The molecule has 0 atom stereocenters. The first-order valence-corrected chi connectivity index (χ1v) is 9.77. The summed E-state index contributed by atoms with van der Waals surface area (Å²) >= 11 is 1.62. The van der Waals surface area contributed by atoms with Crippen molar-refractivity contribution >= 4 is 21.4 Å². The van der Waals surface area contributed by atoms with Gasteiger partial charge in [-0.25, -0.2) is 21.9 Å². The summed E-state index contributed by atoms with van der Waals surface area (Å²) in [5.74, 6) is -1.81. The number of rotatable bonds is 5. The number of thiophene rings is 1. The summed E-state index contributed by atoms with van der Waals surface area (Å²) in [5.41, 5.74) is -0.215. The molecule has 0 aliphatic heterocycles. The van der Waals surface area contributed by atoms with E-state index in [4.69, 9.17) is 0 Å². The van der Waals surface area contributed by atoms with E-state index in [1.165, 1.54) is 0 Å². The van der Waals surface area contributed by atoms with Crippen molar-refractivity contribution in [3.05, 3.63) is 52.2 Å². The molecule has 23 heavy (non-hydrogen) atoms. The van der Waals surface area contributed by atoms with Gasteiger partial charge in [-0.2, -0.15) is 0 Å². The van der Waals surface area contributed by atoms with Crippen LogP contribution in [0.4, 0.5) is 8.78 Å². The average Bonchev–Trinajstić information content (AvgIpc) is 3.16. The molecule has 2 aromatic rings. The second kappa shape index (κ2) is 6.30. The predicted octanol–water partition coefficient (Wildman–Crippen LogP) is 3.82. The van der Waals surface area contributed by atoms with E-state index in [2.05, 4.69) is 4.72 Å². The second-order valence-electron chi connectivity index (χ2n) is 5.89. The van der Waals surface area contributed by atoms with Crippen molar-refractivity contribution in [3.63, 3.8) is 0 Å². The van der Waals surface area contributed by atoms with Gasteiger partial charge in [-0.3, -0.25) is 0 Å². The Labute approximate surface area is 138 Å². The molecule has 1 N–H and O–H groups in total. The van der Waals surface area contributed by atoms with Crippen LogP contribution in [-0.4, -0.2) is 15.0 Å². The third-order valence-electron chi connectivity index (χ3n) is 4.35. The standard InChI is InChI=1S/C16H17F2NO2S2/c17-12-8-13(18)10-14(9-12)23(20,21)19-11-16(5-1-2-6-16)15-4-3-7-22-15/h3-4,7-10,19H,1-2,5-6,11H2. The molecule has 0 bridgehead atoms. The number of nitrogens with one attached hydrogen (secondary N) is 1. The van der Waals surface area contributed by atoms with Crippen LogP contribution in [0, 0.1) is 11.6 Å². The molecule has 1 aliphatic rings. The molecule has 124 valence electrons. The highest BCUT2D eigenvalue weighted by atomic mass is 32.2. The summed E-state index contributed by atoms with van der Waals surface area (Å²) in [4.78, 5) is 0.775. The topological polar surface area (TPSA) is 46.2 Å². The van der Waals surface area contributed by atoms with E-state index < -0.39 is 21.7 Å². The maximum Gasteiger partial charge on any atom is 0.240 e. The van der Waals surface area contributed by atoms with Gasteiger partial charge in [-0.1, -0.05) is 18.9 Å². The number of hydrogen-bond donors (Lipinski definition) is 1. The van der Waals surface area contributed by atoms with Crippen LogP contribution in [-0.2, 0) is 15.4 Å². The van der Waals surface area contributed by atoms with Gasteiger partial charge >= 0.3 is 0 Å². The van der Waals surface area contributed by atoms with Crippen LogP contribution in [0.3, 0.4) is 0 Å². The average molecular weight is 357 g/mol. The molecule has 1 saturated carbocycles. The summed E-state index contributed by atoms with van der Waals surface area (Å²) in [5, 5.41) is 1.98. The highest BCUT2D eigenvalue weighted by Gasteiger charge is 2.37. The van der Waals surface area contributed by atoms with Gasteiger partial charge in [0, 0.05) is 22.9 Å². The summed E-state index contributed by atoms with van der Waals surface area (Å²) < 4.78 is 53.8. The van der Waals surface area contributed by atoms with Crippen LogP contribution in [0.25, 0.3) is 0 Å². The molecule has 0 radical (unpaired) electrons. The van der Waals surface area contributed by atoms with E-state index in [9.17, 15) is 17.2 Å². The number of benzene rings is 1. The third kappa shape index (κ3) is 3.46. The fraction of sp³-hybridized carbons (Fsp3) is 0.375. The molecule has 3 nitrogen and oxygen atoms in total. The fourth-order valence-electron chi connectivity index (χ4n) is 3.14. The largest absolute Gasteiger partial charge is 0.240 e. The highest BCUT2D eigenvalue weighted by Crippen LogP contribution is 2.42. The molecule has 7 heteroatoms. The minimum Gasteiger partial charge on any atom is -0.210 e. The first-order valence-electron chi connectivity index (χ1n) is 7.41. The lowest BCUT2D eigenvalue weighted by Crippen LogP contribution is -2.38. The zero-order chi connectivity index (χ0) is 16.5. The van der Waals surface area contributed by atoms with E-state index in [1.807, 2.05) is 17.5 Å². The van der Waals surface area contributed by atoms with Crippen molar-refractivity contribution in [1.29, 1.82) is 0 Å². The first-order chi connectivity index (χ1) is 10.9. The lowest BCUT2D eigenvalue weighted by molar-refractivity contribution is 0.440. The van der Waals surface area contributed by atoms with Gasteiger partial charge in [0.1, 0.15) is 11.6 Å². The molecule has 1 fully saturated rings. The smallest absolute Gasteiger partial charge is 0.210 e. The van der Waals surface area contributed by atoms with Crippen molar-refractivity contribution in [3.8, 4) is 0 Å². The zero-order valence-electron chi connectivity index (χ0n) is 12.4. The summed E-state index contributed by atoms with van der Waals surface area (Å²) in [6.45, 7) is 0.244. The van der Waals surface area contributed by atoms with E-state index in [0.29, 0.717) is 6.07 Å². The Morgan fingerprint density at radius 1 is 1.13 bits per heavy atom. The first kappa shape index (κ1) is 16.5. The van der Waals surface area contributed by atoms with Gasteiger partial charge in [-0.05, 0) is 36.4 Å². The number of halogens is 2. The Morgan fingerprint density at radius 2 is 1.78 bits per heavy atom. The van der Waals surface area contributed by atoms with Gasteiger partial charge in [0.15, 0.2) is 0 Å². The Morgan fingerprint density at radius 3 is 2.35 bits per heavy atom. The molecule has 1 heterocycles. The summed E-state index contributed by atoms with van der Waals surface area (Å²) in [7, 11) is -3.95. The maximum atomic E-state index is 13.3. The summed E-state index contributed by atoms with van der Waals surface area (Å²) in [6, 6.07) is 6.29. The lowest BCUT2D eigenvalue weighted by atomic mass is 9.85. The van der Waals surface area contributed by atoms with Gasteiger partial charge in [0.2, 0.25) is 10.0 Å². The molecule has 1 aromatic carbocycles. The van der Waals surface area contributed by atoms with Gasteiger partial charge in [0.05, 0.1) is 4.90 Å². The van der Waals surface area contributed by atoms with Crippen molar-refractivity contribution in [2.24, 2.45) is 0 Å². The zero-order valence-corrected chi connectivity index (χ0v) is 14.0. The van der Waals surface area contributed by atoms with E-state index in [-0.39, 0.29) is 16.9 Å². The molecule has 0 saturated heterocycles. The number of hydrogen-bond acceptors (Lipinski definition) is 3. The number of sulfonamides is 1. The van der Waals surface area contributed by atoms with Crippen molar-refractivity contribution in [1.82, 2.24) is 4.72 Å². The highest BCUT2D eigenvalue weighted by molar-refractivity contribution is 7.89. The Bertz CT molecular complexity index is 762. The maximum absolute atomic E-state index is 13.3. The van der Waals surface area contributed by atoms with Gasteiger partial charge in [0.25, 0.3) is 0 Å². The fourth-order valence-corrected chi connectivity index (χ4v) is 5.30. The monoisotopic (exact) mass is 357 g/mol. The van der Waals surface area contributed by atoms with Crippen LogP contribution >= 0.6 is 11.3 Å². The van der Waals surface area contributed by atoms with Crippen molar-refractivity contribution < 1.29 is 17.2 Å². The predicted molar refractivity (Wildman–Crippen MR) is 86.0 cm³/mol. The van der Waals surface area contributed by atoms with Crippen molar-refractivity contribution in [2.45, 2.75) is 36.0 Å². The molecule has 0 spiro atoms. The van der Waals surface area contributed by atoms with Crippen LogP contribution in [0.15, 0.2) is 40.6 Å². The minimum absolute atomic E-state index is 0.215. The van der Waals surface area contributed by atoms with E-state index in [1.54, 1.807) is 11.3 Å². The van der Waals surface area contributed by atoms with Gasteiger partial charge < -0.3 is 0 Å². The Balaban J connectivity index is 1.83. The Kier molecular flexibility index (Phi) is 4.53. The van der Waals surface area contributed by atoms with Crippen LogP contribution in [0.2, 0.25) is 0 Å². The molecular weight excluding hydrogens is 340 g/mol. The molecular formula is C16H17F2NO2S2. The molecule has 1 aliphatic carbocycles. The molecule has 1 aromatic heterocycles. The van der Waals surface area contributed by atoms with Crippen molar-refractivity contribution in [2.75, 3.05) is 6.54 Å². The SMILES string of the molecule is O=S(=O)(NCC1(c2cccs2)CCCC1)c1cc(F)cc(F)c1. The Hall–Kier alpha value is -1.31. The molecule has 0 amide bonds. The molecule has 3 rings (SSSR count).